The first-order chi connectivity index (χ1) is 8.56. The second-order valence-corrected chi connectivity index (χ2v) is 8.95. The average Bonchev–Trinajstić information content (AvgIpc) is 2.53. The Hall–Kier alpha value is -0.600. The van der Waals surface area contributed by atoms with Gasteiger partial charge in [-0.15, -0.1) is 0 Å². The predicted molar refractivity (Wildman–Crippen MR) is 75.2 cm³/mol. The van der Waals surface area contributed by atoms with E-state index in [0.717, 1.165) is 0 Å². The van der Waals surface area contributed by atoms with Crippen LogP contribution in [0.25, 0.3) is 0 Å². The summed E-state index contributed by atoms with van der Waals surface area (Å²) in [6, 6.07) is 2.16. The molecule has 0 radical (unpaired) electrons. The molecule has 0 aliphatic carbocycles. The molecule has 110 valence electrons. The molecule has 19 heavy (non-hydrogen) atoms. The fourth-order valence-corrected chi connectivity index (χ4v) is 5.27. The third-order valence-electron chi connectivity index (χ3n) is 3.90. The molecule has 0 amide bonds. The molecule has 0 spiro atoms. The van der Waals surface area contributed by atoms with E-state index in [4.69, 9.17) is 0 Å². The number of nitriles is 1. The number of hydrogen-bond acceptors (Lipinski definition) is 4. The van der Waals surface area contributed by atoms with E-state index in [1.807, 2.05) is 27.7 Å². The summed E-state index contributed by atoms with van der Waals surface area (Å²) < 4.78 is 23.5. The molecule has 1 heterocycles. The molecule has 1 N–H and O–H groups in total. The number of nitrogens with zero attached hydrogens (tertiary/aromatic N) is 1. The summed E-state index contributed by atoms with van der Waals surface area (Å²) >= 11 is 0. The van der Waals surface area contributed by atoms with E-state index in [2.05, 4.69) is 6.07 Å². The second-order valence-electron chi connectivity index (χ2n) is 6.76. The van der Waals surface area contributed by atoms with Crippen LogP contribution < -0.4 is 0 Å². The predicted octanol–water partition coefficient (Wildman–Crippen LogP) is 2.14. The van der Waals surface area contributed by atoms with Crippen LogP contribution in [-0.4, -0.2) is 30.6 Å². The van der Waals surface area contributed by atoms with Gasteiger partial charge in [0.2, 0.25) is 0 Å². The Labute approximate surface area is 116 Å². The van der Waals surface area contributed by atoms with Crippen LogP contribution >= 0.6 is 0 Å². The fourth-order valence-electron chi connectivity index (χ4n) is 3.23. The molecule has 0 aromatic carbocycles. The molecule has 1 aliphatic rings. The highest BCUT2D eigenvalue weighted by atomic mass is 32.2. The number of rotatable bonds is 5. The lowest BCUT2D eigenvalue weighted by Crippen LogP contribution is -2.50. The Bertz CT molecular complexity index is 452. The van der Waals surface area contributed by atoms with Gasteiger partial charge in [0.15, 0.2) is 9.84 Å². The van der Waals surface area contributed by atoms with Gasteiger partial charge in [0.25, 0.3) is 0 Å². The highest BCUT2D eigenvalue weighted by Gasteiger charge is 2.56. The Morgan fingerprint density at radius 3 is 2.00 bits per heavy atom. The molecule has 1 rings (SSSR count). The van der Waals surface area contributed by atoms with E-state index in [0.29, 0.717) is 12.8 Å². The van der Waals surface area contributed by atoms with Gasteiger partial charge in [-0.2, -0.15) is 5.26 Å². The molecule has 1 atom stereocenters. The summed E-state index contributed by atoms with van der Waals surface area (Å²) in [5, 5.41) is 20.6. The molecule has 1 unspecified atom stereocenters. The van der Waals surface area contributed by atoms with Crippen molar-refractivity contribution in [3.63, 3.8) is 0 Å². The lowest BCUT2D eigenvalue weighted by Gasteiger charge is -2.42. The first-order valence-electron chi connectivity index (χ1n) is 6.90. The first kappa shape index (κ1) is 16.5. The maximum atomic E-state index is 11.8. The van der Waals surface area contributed by atoms with Gasteiger partial charge >= 0.3 is 0 Å². The molecule has 0 aromatic rings. The highest BCUT2D eigenvalue weighted by molar-refractivity contribution is 7.91. The van der Waals surface area contributed by atoms with Gasteiger partial charge < -0.3 is 5.11 Å². The third kappa shape index (κ3) is 3.49. The normalized spacial score (nSPS) is 26.8. The van der Waals surface area contributed by atoms with Gasteiger partial charge in [-0.3, -0.25) is 0 Å². The maximum Gasteiger partial charge on any atom is 0.152 e. The minimum atomic E-state index is -3.20. The van der Waals surface area contributed by atoms with Crippen molar-refractivity contribution in [3.05, 3.63) is 0 Å². The average molecular weight is 287 g/mol. The molecule has 0 saturated carbocycles. The Morgan fingerprint density at radius 1 is 1.26 bits per heavy atom. The third-order valence-corrected chi connectivity index (χ3v) is 5.66. The standard InChI is InChI=1S/C14H25NO3S/c1-11(2)7-14(16,8-12(3)4)13(9-15)5-6-19(17,18)10-13/h11-12,16H,5-8,10H2,1-4H3. The zero-order chi connectivity index (χ0) is 14.9. The quantitative estimate of drug-likeness (QED) is 0.840. The van der Waals surface area contributed by atoms with Gasteiger partial charge in [0, 0.05) is 0 Å². The Kier molecular flexibility index (Phi) is 4.69. The summed E-state index contributed by atoms with van der Waals surface area (Å²) in [4.78, 5) is 0. The summed E-state index contributed by atoms with van der Waals surface area (Å²) in [5.41, 5.74) is -2.35. The number of aliphatic hydroxyl groups is 1. The Morgan fingerprint density at radius 2 is 1.74 bits per heavy atom. The minimum Gasteiger partial charge on any atom is -0.388 e. The molecule has 5 heteroatoms. The van der Waals surface area contributed by atoms with Crippen LogP contribution in [0.5, 0.6) is 0 Å². The summed E-state index contributed by atoms with van der Waals surface area (Å²) in [5.74, 6) is 0.250. The van der Waals surface area contributed by atoms with Crippen molar-refractivity contribution in [1.29, 1.82) is 5.26 Å². The summed E-state index contributed by atoms with van der Waals surface area (Å²) in [6.45, 7) is 7.94. The number of sulfone groups is 1. The molecular weight excluding hydrogens is 262 g/mol. The fraction of sp³-hybridized carbons (Fsp3) is 0.929. The molecule has 1 fully saturated rings. The summed E-state index contributed by atoms with van der Waals surface area (Å²) in [6.07, 6.45) is 1.18. The van der Waals surface area contributed by atoms with Gasteiger partial charge in [-0.05, 0) is 31.1 Å². The smallest absolute Gasteiger partial charge is 0.152 e. The first-order valence-corrected chi connectivity index (χ1v) is 8.72. The van der Waals surface area contributed by atoms with Crippen LogP contribution in [0.4, 0.5) is 0 Å². The van der Waals surface area contributed by atoms with E-state index in [1.165, 1.54) is 0 Å². The Balaban J connectivity index is 3.19. The highest BCUT2D eigenvalue weighted by Crippen LogP contribution is 2.47. The van der Waals surface area contributed by atoms with Crippen molar-refractivity contribution >= 4 is 9.84 Å². The van der Waals surface area contributed by atoms with Crippen LogP contribution in [0.3, 0.4) is 0 Å². The van der Waals surface area contributed by atoms with E-state index >= 15 is 0 Å². The van der Waals surface area contributed by atoms with Gasteiger partial charge in [0.05, 0.1) is 23.2 Å². The van der Waals surface area contributed by atoms with Crippen molar-refractivity contribution in [2.24, 2.45) is 17.3 Å². The molecule has 1 aliphatic heterocycles. The van der Waals surface area contributed by atoms with Crippen molar-refractivity contribution in [2.45, 2.75) is 52.6 Å². The van der Waals surface area contributed by atoms with E-state index < -0.39 is 20.9 Å². The van der Waals surface area contributed by atoms with Crippen molar-refractivity contribution in [3.8, 4) is 6.07 Å². The largest absolute Gasteiger partial charge is 0.388 e. The minimum absolute atomic E-state index is 0.0130. The van der Waals surface area contributed by atoms with Gasteiger partial charge in [0.1, 0.15) is 5.41 Å². The van der Waals surface area contributed by atoms with E-state index in [-0.39, 0.29) is 29.8 Å². The lowest BCUT2D eigenvalue weighted by molar-refractivity contribution is -0.0747. The monoisotopic (exact) mass is 287 g/mol. The molecule has 1 saturated heterocycles. The zero-order valence-electron chi connectivity index (χ0n) is 12.3. The van der Waals surface area contributed by atoms with Crippen molar-refractivity contribution in [1.82, 2.24) is 0 Å². The lowest BCUT2D eigenvalue weighted by atomic mass is 9.65. The molecule has 4 nitrogen and oxygen atoms in total. The zero-order valence-corrected chi connectivity index (χ0v) is 13.1. The molecule has 0 bridgehead atoms. The van der Waals surface area contributed by atoms with Crippen molar-refractivity contribution in [2.75, 3.05) is 11.5 Å². The molecular formula is C14H25NO3S. The number of hydrogen-bond donors (Lipinski definition) is 1. The van der Waals surface area contributed by atoms with Crippen LogP contribution in [-0.2, 0) is 9.84 Å². The van der Waals surface area contributed by atoms with Gasteiger partial charge in [-0.1, -0.05) is 27.7 Å². The summed E-state index contributed by atoms with van der Waals surface area (Å²) in [7, 11) is -3.20. The van der Waals surface area contributed by atoms with Crippen LogP contribution in [0, 0.1) is 28.6 Å². The van der Waals surface area contributed by atoms with Crippen LogP contribution in [0.15, 0.2) is 0 Å². The SMILES string of the molecule is CC(C)CC(O)(CC(C)C)C1(C#N)CCS(=O)(=O)C1. The van der Waals surface area contributed by atoms with Crippen molar-refractivity contribution < 1.29 is 13.5 Å². The van der Waals surface area contributed by atoms with Crippen LogP contribution in [0.2, 0.25) is 0 Å². The molecule has 0 aromatic heterocycles. The van der Waals surface area contributed by atoms with E-state index in [1.54, 1.807) is 0 Å². The second kappa shape index (κ2) is 5.41. The van der Waals surface area contributed by atoms with Crippen LogP contribution in [0.1, 0.15) is 47.0 Å². The topological polar surface area (TPSA) is 78.2 Å². The maximum absolute atomic E-state index is 11.8. The van der Waals surface area contributed by atoms with Gasteiger partial charge in [-0.25, -0.2) is 8.42 Å². The van der Waals surface area contributed by atoms with E-state index in [9.17, 15) is 18.8 Å².